The Morgan fingerprint density at radius 2 is 2.10 bits per heavy atom. The SMILES string of the molecule is CNCC(C)C(=O)Nc1cccc(N2CCC(C)CC2)c1. The molecule has 1 amide bonds. The molecule has 0 spiro atoms. The Morgan fingerprint density at radius 3 is 2.76 bits per heavy atom. The molecule has 1 aromatic rings. The van der Waals surface area contributed by atoms with Gasteiger partial charge in [0, 0.05) is 36.9 Å². The first-order valence-electron chi connectivity index (χ1n) is 7.90. The molecule has 116 valence electrons. The molecule has 1 aliphatic heterocycles. The number of carbonyl (C=O) groups excluding carboxylic acids is 1. The molecule has 0 bridgehead atoms. The molecule has 0 aromatic heterocycles. The lowest BCUT2D eigenvalue weighted by atomic mass is 9.99. The number of benzene rings is 1. The van der Waals surface area contributed by atoms with E-state index in [1.54, 1.807) is 0 Å². The maximum Gasteiger partial charge on any atom is 0.228 e. The van der Waals surface area contributed by atoms with Gasteiger partial charge in [-0.25, -0.2) is 0 Å². The lowest BCUT2D eigenvalue weighted by molar-refractivity contribution is -0.119. The van der Waals surface area contributed by atoms with E-state index in [4.69, 9.17) is 0 Å². The Kier molecular flexibility index (Phi) is 5.62. The predicted octanol–water partition coefficient (Wildman–Crippen LogP) is 2.72. The maximum atomic E-state index is 12.1. The van der Waals surface area contributed by atoms with Crippen molar-refractivity contribution in [2.75, 3.05) is 36.9 Å². The van der Waals surface area contributed by atoms with Crippen molar-refractivity contribution in [3.63, 3.8) is 0 Å². The smallest absolute Gasteiger partial charge is 0.228 e. The Bertz CT molecular complexity index is 467. The first-order valence-corrected chi connectivity index (χ1v) is 7.90. The fraction of sp³-hybridized carbons (Fsp3) is 0.588. The number of piperidine rings is 1. The minimum absolute atomic E-state index is 0.0329. The van der Waals surface area contributed by atoms with Crippen LogP contribution in [0.4, 0.5) is 11.4 Å². The van der Waals surface area contributed by atoms with Crippen molar-refractivity contribution in [2.45, 2.75) is 26.7 Å². The number of nitrogens with one attached hydrogen (secondary N) is 2. The Hall–Kier alpha value is -1.55. The number of rotatable bonds is 5. The monoisotopic (exact) mass is 289 g/mol. The Morgan fingerprint density at radius 1 is 1.38 bits per heavy atom. The second-order valence-corrected chi connectivity index (χ2v) is 6.17. The van der Waals surface area contributed by atoms with Crippen molar-refractivity contribution in [2.24, 2.45) is 11.8 Å². The summed E-state index contributed by atoms with van der Waals surface area (Å²) in [6.45, 7) is 7.15. The Labute approximate surface area is 127 Å². The van der Waals surface area contributed by atoms with Crippen molar-refractivity contribution in [1.82, 2.24) is 5.32 Å². The molecule has 4 nitrogen and oxygen atoms in total. The largest absolute Gasteiger partial charge is 0.371 e. The number of hydrogen-bond acceptors (Lipinski definition) is 3. The van der Waals surface area contributed by atoms with E-state index in [1.165, 1.54) is 18.5 Å². The van der Waals surface area contributed by atoms with Crippen LogP contribution in [0.3, 0.4) is 0 Å². The molecule has 1 unspecified atom stereocenters. The first-order chi connectivity index (χ1) is 10.1. The number of carbonyl (C=O) groups is 1. The molecule has 1 aliphatic rings. The molecule has 1 aromatic carbocycles. The normalized spacial score (nSPS) is 17.6. The summed E-state index contributed by atoms with van der Waals surface area (Å²) < 4.78 is 0. The van der Waals surface area contributed by atoms with E-state index in [-0.39, 0.29) is 11.8 Å². The van der Waals surface area contributed by atoms with Gasteiger partial charge in [0.05, 0.1) is 0 Å². The molecule has 1 heterocycles. The third-order valence-electron chi connectivity index (χ3n) is 4.22. The first kappa shape index (κ1) is 15.8. The van der Waals surface area contributed by atoms with Crippen LogP contribution in [0.5, 0.6) is 0 Å². The van der Waals surface area contributed by atoms with E-state index in [2.05, 4.69) is 34.6 Å². The van der Waals surface area contributed by atoms with E-state index in [9.17, 15) is 4.79 Å². The molecule has 21 heavy (non-hydrogen) atoms. The van der Waals surface area contributed by atoms with Crippen LogP contribution < -0.4 is 15.5 Å². The standard InChI is InChI=1S/C17H27N3O/c1-13-7-9-20(10-8-13)16-6-4-5-15(11-16)19-17(21)14(2)12-18-3/h4-6,11,13-14,18H,7-10,12H2,1-3H3,(H,19,21). The van der Waals surface area contributed by atoms with Gasteiger partial charge in [0.15, 0.2) is 0 Å². The molecule has 1 fully saturated rings. The van der Waals surface area contributed by atoms with Gasteiger partial charge in [-0.1, -0.05) is 19.9 Å². The minimum Gasteiger partial charge on any atom is -0.371 e. The van der Waals surface area contributed by atoms with E-state index in [1.807, 2.05) is 26.1 Å². The summed E-state index contributed by atoms with van der Waals surface area (Å²) in [4.78, 5) is 14.5. The van der Waals surface area contributed by atoms with Crippen LogP contribution in [-0.4, -0.2) is 32.6 Å². The average Bonchev–Trinajstić information content (AvgIpc) is 2.48. The summed E-state index contributed by atoms with van der Waals surface area (Å²) in [6.07, 6.45) is 2.49. The number of hydrogen-bond donors (Lipinski definition) is 2. The third-order valence-corrected chi connectivity index (χ3v) is 4.22. The van der Waals surface area contributed by atoms with Gasteiger partial charge in [0.2, 0.25) is 5.91 Å². The van der Waals surface area contributed by atoms with Crippen LogP contribution in [0.1, 0.15) is 26.7 Å². The van der Waals surface area contributed by atoms with Gasteiger partial charge in [0.25, 0.3) is 0 Å². The molecule has 4 heteroatoms. The molecular formula is C17H27N3O. The van der Waals surface area contributed by atoms with Gasteiger partial charge in [-0.05, 0) is 44.0 Å². The maximum absolute atomic E-state index is 12.1. The average molecular weight is 289 g/mol. The lowest BCUT2D eigenvalue weighted by Gasteiger charge is -2.32. The summed E-state index contributed by atoms with van der Waals surface area (Å²) in [5.74, 6) is 0.856. The highest BCUT2D eigenvalue weighted by atomic mass is 16.1. The molecule has 2 rings (SSSR count). The van der Waals surface area contributed by atoms with Gasteiger partial charge in [0.1, 0.15) is 0 Å². The summed E-state index contributed by atoms with van der Waals surface area (Å²) in [5, 5.41) is 6.04. The second-order valence-electron chi connectivity index (χ2n) is 6.17. The number of nitrogens with zero attached hydrogens (tertiary/aromatic N) is 1. The van der Waals surface area contributed by atoms with Gasteiger partial charge in [-0.3, -0.25) is 4.79 Å². The fourth-order valence-corrected chi connectivity index (χ4v) is 2.71. The van der Waals surface area contributed by atoms with E-state index in [0.717, 1.165) is 24.7 Å². The van der Waals surface area contributed by atoms with Crippen molar-refractivity contribution < 1.29 is 4.79 Å². The molecule has 1 atom stereocenters. The zero-order valence-corrected chi connectivity index (χ0v) is 13.4. The lowest BCUT2D eigenvalue weighted by Crippen LogP contribution is -2.33. The summed E-state index contributed by atoms with van der Waals surface area (Å²) in [6, 6.07) is 8.19. The summed E-state index contributed by atoms with van der Waals surface area (Å²) in [5.41, 5.74) is 2.10. The highest BCUT2D eigenvalue weighted by Gasteiger charge is 2.17. The molecule has 1 saturated heterocycles. The van der Waals surface area contributed by atoms with Crippen molar-refractivity contribution >= 4 is 17.3 Å². The summed E-state index contributed by atoms with van der Waals surface area (Å²) >= 11 is 0. The van der Waals surface area contributed by atoms with E-state index < -0.39 is 0 Å². The topological polar surface area (TPSA) is 44.4 Å². The van der Waals surface area contributed by atoms with Crippen LogP contribution in [0.15, 0.2) is 24.3 Å². The highest BCUT2D eigenvalue weighted by molar-refractivity contribution is 5.92. The third kappa shape index (κ3) is 4.46. The molecule has 0 aliphatic carbocycles. The second kappa shape index (κ2) is 7.46. The van der Waals surface area contributed by atoms with Crippen LogP contribution >= 0.6 is 0 Å². The highest BCUT2D eigenvalue weighted by Crippen LogP contribution is 2.25. The van der Waals surface area contributed by atoms with Crippen LogP contribution in [0, 0.1) is 11.8 Å². The van der Waals surface area contributed by atoms with Gasteiger partial charge < -0.3 is 15.5 Å². The van der Waals surface area contributed by atoms with Crippen molar-refractivity contribution in [3.8, 4) is 0 Å². The molecule has 2 N–H and O–H groups in total. The summed E-state index contributed by atoms with van der Waals surface area (Å²) in [7, 11) is 1.86. The van der Waals surface area contributed by atoms with E-state index >= 15 is 0 Å². The van der Waals surface area contributed by atoms with Crippen molar-refractivity contribution in [1.29, 1.82) is 0 Å². The van der Waals surface area contributed by atoms with Gasteiger partial charge in [-0.15, -0.1) is 0 Å². The van der Waals surface area contributed by atoms with E-state index in [0.29, 0.717) is 6.54 Å². The quantitative estimate of drug-likeness (QED) is 0.876. The zero-order valence-electron chi connectivity index (χ0n) is 13.4. The molecule has 0 saturated carbocycles. The van der Waals surface area contributed by atoms with Crippen LogP contribution in [-0.2, 0) is 4.79 Å². The number of amides is 1. The fourth-order valence-electron chi connectivity index (χ4n) is 2.71. The van der Waals surface area contributed by atoms with Crippen molar-refractivity contribution in [3.05, 3.63) is 24.3 Å². The van der Waals surface area contributed by atoms with Crippen LogP contribution in [0.2, 0.25) is 0 Å². The predicted molar refractivity (Wildman–Crippen MR) is 88.8 cm³/mol. The van der Waals surface area contributed by atoms with Gasteiger partial charge >= 0.3 is 0 Å². The number of anilines is 2. The Balaban J connectivity index is 1.99. The minimum atomic E-state index is -0.0329. The van der Waals surface area contributed by atoms with Crippen LogP contribution in [0.25, 0.3) is 0 Å². The molecular weight excluding hydrogens is 262 g/mol. The van der Waals surface area contributed by atoms with Gasteiger partial charge in [-0.2, -0.15) is 0 Å². The molecule has 0 radical (unpaired) electrons. The zero-order chi connectivity index (χ0) is 15.2.